The molecule has 1 amide bonds. The average molecular weight is 354 g/mol. The summed E-state index contributed by atoms with van der Waals surface area (Å²) in [4.78, 5) is 12.0. The van der Waals surface area contributed by atoms with Gasteiger partial charge < -0.3 is 10.1 Å². The van der Waals surface area contributed by atoms with E-state index in [1.165, 1.54) is 5.56 Å². The van der Waals surface area contributed by atoms with Crippen molar-refractivity contribution in [2.45, 2.75) is 12.8 Å². The first-order chi connectivity index (χ1) is 12.2. The van der Waals surface area contributed by atoms with Gasteiger partial charge in [0.2, 0.25) is 0 Å². The van der Waals surface area contributed by atoms with Crippen LogP contribution in [-0.4, -0.2) is 19.1 Å². The van der Waals surface area contributed by atoms with Crippen LogP contribution in [0.25, 0.3) is 10.8 Å². The van der Waals surface area contributed by atoms with Crippen LogP contribution in [0.3, 0.4) is 0 Å². The Hall–Kier alpha value is -2.52. The minimum absolute atomic E-state index is 0.0228. The quantitative estimate of drug-likeness (QED) is 0.629. The molecule has 3 aromatic rings. The fraction of sp³-hybridized carbons (Fsp3) is 0.190. The van der Waals surface area contributed by atoms with Crippen LogP contribution in [-0.2, 0) is 11.2 Å². The van der Waals surface area contributed by atoms with Gasteiger partial charge in [-0.2, -0.15) is 0 Å². The molecule has 25 heavy (non-hydrogen) atoms. The van der Waals surface area contributed by atoms with E-state index in [4.69, 9.17) is 16.3 Å². The molecule has 4 heteroatoms. The van der Waals surface area contributed by atoms with Gasteiger partial charge in [0, 0.05) is 17.0 Å². The van der Waals surface area contributed by atoms with Crippen LogP contribution in [0, 0.1) is 0 Å². The third-order valence-electron chi connectivity index (χ3n) is 3.99. The van der Waals surface area contributed by atoms with Gasteiger partial charge in [-0.25, -0.2) is 0 Å². The van der Waals surface area contributed by atoms with Gasteiger partial charge in [0.05, 0.1) is 0 Å². The van der Waals surface area contributed by atoms with E-state index in [0.717, 1.165) is 34.4 Å². The van der Waals surface area contributed by atoms with E-state index in [9.17, 15) is 4.79 Å². The molecule has 0 radical (unpaired) electrons. The second kappa shape index (κ2) is 8.54. The Kier molecular flexibility index (Phi) is 5.91. The van der Waals surface area contributed by atoms with Crippen molar-refractivity contribution in [1.29, 1.82) is 0 Å². The van der Waals surface area contributed by atoms with Gasteiger partial charge in [-0.05, 0) is 42.0 Å². The number of carbonyl (C=O) groups is 1. The summed E-state index contributed by atoms with van der Waals surface area (Å²) in [5, 5.41) is 5.75. The Morgan fingerprint density at radius 1 is 0.960 bits per heavy atom. The van der Waals surface area contributed by atoms with Crippen LogP contribution in [0.5, 0.6) is 5.75 Å². The van der Waals surface area contributed by atoms with Crippen LogP contribution >= 0.6 is 11.6 Å². The summed E-state index contributed by atoms with van der Waals surface area (Å²) in [6.07, 6.45) is 1.78. The molecular weight excluding hydrogens is 334 g/mol. The largest absolute Gasteiger partial charge is 0.483 e. The maximum absolute atomic E-state index is 12.0. The second-order valence-corrected chi connectivity index (χ2v) is 6.28. The zero-order valence-electron chi connectivity index (χ0n) is 13.9. The van der Waals surface area contributed by atoms with Crippen molar-refractivity contribution in [2.24, 2.45) is 0 Å². The Balaban J connectivity index is 1.42. The van der Waals surface area contributed by atoms with Crippen LogP contribution in [0.4, 0.5) is 0 Å². The summed E-state index contributed by atoms with van der Waals surface area (Å²) in [5.74, 6) is 0.624. The van der Waals surface area contributed by atoms with E-state index in [-0.39, 0.29) is 12.5 Å². The molecular formula is C21H20ClNO2. The first-order valence-corrected chi connectivity index (χ1v) is 8.72. The minimum Gasteiger partial charge on any atom is -0.483 e. The lowest BCUT2D eigenvalue weighted by atomic mass is 10.1. The summed E-state index contributed by atoms with van der Waals surface area (Å²) in [6.45, 7) is 0.648. The monoisotopic (exact) mass is 353 g/mol. The van der Waals surface area contributed by atoms with Gasteiger partial charge in [-0.3, -0.25) is 4.79 Å². The highest BCUT2D eigenvalue weighted by Gasteiger charge is 2.05. The maximum Gasteiger partial charge on any atom is 0.257 e. The number of hydrogen-bond donors (Lipinski definition) is 1. The van der Waals surface area contributed by atoms with Crippen molar-refractivity contribution in [2.75, 3.05) is 13.2 Å². The molecule has 0 aliphatic rings. The minimum atomic E-state index is -0.107. The lowest BCUT2D eigenvalue weighted by molar-refractivity contribution is -0.123. The maximum atomic E-state index is 12.0. The first kappa shape index (κ1) is 17.3. The molecule has 0 aliphatic carbocycles. The summed E-state index contributed by atoms with van der Waals surface area (Å²) < 4.78 is 5.68. The number of hydrogen-bond acceptors (Lipinski definition) is 2. The molecule has 0 bridgehead atoms. The average Bonchev–Trinajstić information content (AvgIpc) is 2.65. The standard InChI is InChI=1S/C21H20ClNO2/c22-18-12-10-16(11-13-18)5-4-14-23-21(24)15-25-20-9-3-7-17-6-1-2-8-19(17)20/h1-3,6-13H,4-5,14-15H2,(H,23,24). The van der Waals surface area contributed by atoms with E-state index >= 15 is 0 Å². The molecule has 0 aliphatic heterocycles. The van der Waals surface area contributed by atoms with E-state index in [1.807, 2.05) is 66.7 Å². The number of amides is 1. The highest BCUT2D eigenvalue weighted by atomic mass is 35.5. The number of carbonyl (C=O) groups excluding carboxylic acids is 1. The molecule has 0 aromatic heterocycles. The number of ether oxygens (including phenoxy) is 1. The Morgan fingerprint density at radius 2 is 1.72 bits per heavy atom. The SMILES string of the molecule is O=C(COc1cccc2ccccc12)NCCCc1ccc(Cl)cc1. The molecule has 0 saturated carbocycles. The molecule has 0 unspecified atom stereocenters. The normalized spacial score (nSPS) is 10.6. The smallest absolute Gasteiger partial charge is 0.257 e. The van der Waals surface area contributed by atoms with E-state index in [1.54, 1.807) is 0 Å². The van der Waals surface area contributed by atoms with Gasteiger partial charge in [-0.15, -0.1) is 0 Å². The molecule has 0 spiro atoms. The zero-order valence-corrected chi connectivity index (χ0v) is 14.6. The third-order valence-corrected chi connectivity index (χ3v) is 4.24. The summed E-state index contributed by atoms with van der Waals surface area (Å²) >= 11 is 5.87. The van der Waals surface area contributed by atoms with Crippen LogP contribution in [0.1, 0.15) is 12.0 Å². The molecule has 3 nitrogen and oxygen atoms in total. The first-order valence-electron chi connectivity index (χ1n) is 8.34. The van der Waals surface area contributed by atoms with E-state index in [2.05, 4.69) is 5.32 Å². The fourth-order valence-electron chi connectivity index (χ4n) is 2.69. The van der Waals surface area contributed by atoms with Crippen molar-refractivity contribution >= 4 is 28.3 Å². The number of benzene rings is 3. The van der Waals surface area contributed by atoms with Crippen molar-refractivity contribution in [3.05, 3.63) is 77.3 Å². The van der Waals surface area contributed by atoms with Crippen LogP contribution < -0.4 is 10.1 Å². The Bertz CT molecular complexity index is 841. The van der Waals surface area contributed by atoms with Crippen molar-refractivity contribution in [3.8, 4) is 5.75 Å². The zero-order chi connectivity index (χ0) is 17.5. The van der Waals surface area contributed by atoms with Crippen LogP contribution in [0.15, 0.2) is 66.7 Å². The highest BCUT2D eigenvalue weighted by molar-refractivity contribution is 6.30. The predicted molar refractivity (Wildman–Crippen MR) is 102 cm³/mol. The molecule has 3 aromatic carbocycles. The van der Waals surface area contributed by atoms with Crippen molar-refractivity contribution in [3.63, 3.8) is 0 Å². The van der Waals surface area contributed by atoms with Gasteiger partial charge in [-0.1, -0.05) is 60.1 Å². The van der Waals surface area contributed by atoms with Gasteiger partial charge in [0.25, 0.3) is 5.91 Å². The number of fused-ring (bicyclic) bond motifs is 1. The van der Waals surface area contributed by atoms with Crippen molar-refractivity contribution in [1.82, 2.24) is 5.32 Å². The molecule has 0 fully saturated rings. The fourth-order valence-corrected chi connectivity index (χ4v) is 2.81. The molecule has 0 saturated heterocycles. The van der Waals surface area contributed by atoms with E-state index < -0.39 is 0 Å². The molecule has 0 heterocycles. The summed E-state index contributed by atoms with van der Waals surface area (Å²) in [7, 11) is 0. The lowest BCUT2D eigenvalue weighted by Gasteiger charge is -2.10. The highest BCUT2D eigenvalue weighted by Crippen LogP contribution is 2.24. The van der Waals surface area contributed by atoms with Gasteiger partial charge >= 0.3 is 0 Å². The van der Waals surface area contributed by atoms with Crippen LogP contribution in [0.2, 0.25) is 5.02 Å². The number of aryl methyl sites for hydroxylation is 1. The Labute approximate surface area is 152 Å². The number of halogens is 1. The van der Waals surface area contributed by atoms with Gasteiger partial charge in [0.1, 0.15) is 5.75 Å². The van der Waals surface area contributed by atoms with Gasteiger partial charge in [0.15, 0.2) is 6.61 Å². The summed E-state index contributed by atoms with van der Waals surface area (Å²) in [6, 6.07) is 21.6. The molecule has 3 rings (SSSR count). The topological polar surface area (TPSA) is 38.3 Å². The predicted octanol–water partition coefficient (Wildman–Crippen LogP) is 4.62. The van der Waals surface area contributed by atoms with E-state index in [0.29, 0.717) is 6.54 Å². The Morgan fingerprint density at radius 3 is 2.56 bits per heavy atom. The number of rotatable bonds is 7. The lowest BCUT2D eigenvalue weighted by Crippen LogP contribution is -2.29. The molecule has 1 N–H and O–H groups in total. The second-order valence-electron chi connectivity index (χ2n) is 5.85. The molecule has 0 atom stereocenters. The number of nitrogens with one attached hydrogen (secondary N) is 1. The molecule has 128 valence electrons. The summed E-state index contributed by atoms with van der Waals surface area (Å²) in [5.41, 5.74) is 1.21. The van der Waals surface area contributed by atoms with Crippen molar-refractivity contribution < 1.29 is 9.53 Å². The third kappa shape index (κ3) is 4.97.